The number of ether oxygens (including phenoxy) is 1. The van der Waals surface area contributed by atoms with Crippen molar-refractivity contribution in [1.82, 2.24) is 14.8 Å². The minimum absolute atomic E-state index is 0.0749. The molecule has 2 heterocycles. The molecule has 2 amide bonds. The molecule has 6 nitrogen and oxygen atoms in total. The third kappa shape index (κ3) is 3.88. The average Bonchev–Trinajstić information content (AvgIpc) is 3.20. The fourth-order valence-corrected chi connectivity index (χ4v) is 5.26. The van der Waals surface area contributed by atoms with Gasteiger partial charge in [0.15, 0.2) is 0 Å². The van der Waals surface area contributed by atoms with Crippen molar-refractivity contribution < 1.29 is 14.3 Å². The summed E-state index contributed by atoms with van der Waals surface area (Å²) in [5, 5.41) is 4.26. The SMILES string of the molecule is COc1ccc2cc3n(c2c1)CC(C)(C(=O)NC1CCCCC1)N(Cc1ccccc1)C3=O. The molecule has 3 aromatic rings. The molecule has 1 aromatic heterocycles. The van der Waals surface area contributed by atoms with Crippen molar-refractivity contribution in [3.8, 4) is 5.75 Å². The molecule has 1 saturated carbocycles. The Kier molecular flexibility index (Phi) is 5.60. The number of amides is 2. The van der Waals surface area contributed by atoms with Crippen molar-refractivity contribution in [2.45, 2.75) is 63.7 Å². The standard InChI is InChI=1S/C27H31N3O3/c1-27(26(32)28-21-11-7-4-8-12-21)18-29-23-16-22(33-2)14-13-20(23)15-24(29)25(31)30(27)17-19-9-5-3-6-10-19/h3,5-6,9-10,13-16,21H,4,7-8,11-12,17-18H2,1-2H3,(H,28,32). The van der Waals surface area contributed by atoms with Crippen molar-refractivity contribution in [2.75, 3.05) is 7.11 Å². The smallest absolute Gasteiger partial charge is 0.271 e. The highest BCUT2D eigenvalue weighted by Crippen LogP contribution is 2.35. The number of rotatable bonds is 5. The van der Waals surface area contributed by atoms with Crippen LogP contribution in [0.1, 0.15) is 55.1 Å². The lowest BCUT2D eigenvalue weighted by Crippen LogP contribution is -2.64. The summed E-state index contributed by atoms with van der Waals surface area (Å²) >= 11 is 0. The van der Waals surface area contributed by atoms with Crippen molar-refractivity contribution in [2.24, 2.45) is 0 Å². The third-order valence-corrected chi connectivity index (χ3v) is 7.25. The van der Waals surface area contributed by atoms with Gasteiger partial charge in [0.05, 0.1) is 19.2 Å². The average molecular weight is 446 g/mol. The molecule has 1 aliphatic heterocycles. The van der Waals surface area contributed by atoms with Crippen LogP contribution < -0.4 is 10.1 Å². The first kappa shape index (κ1) is 21.6. The van der Waals surface area contributed by atoms with E-state index in [1.165, 1.54) is 6.42 Å². The van der Waals surface area contributed by atoms with Gasteiger partial charge in [0.1, 0.15) is 17.0 Å². The Balaban J connectivity index is 1.56. The summed E-state index contributed by atoms with van der Waals surface area (Å²) in [7, 11) is 1.63. The normalized spacial score (nSPS) is 21.2. The zero-order valence-corrected chi connectivity index (χ0v) is 19.3. The van der Waals surface area contributed by atoms with Crippen LogP contribution in [0.4, 0.5) is 0 Å². The summed E-state index contributed by atoms with van der Waals surface area (Å²) < 4.78 is 7.41. The van der Waals surface area contributed by atoms with Gasteiger partial charge in [-0.3, -0.25) is 9.59 Å². The highest BCUT2D eigenvalue weighted by molar-refractivity contribution is 6.03. The summed E-state index contributed by atoms with van der Waals surface area (Å²) in [5.41, 5.74) is 1.52. The second kappa shape index (κ2) is 8.58. The van der Waals surface area contributed by atoms with Crippen LogP contribution in [0.3, 0.4) is 0 Å². The zero-order valence-electron chi connectivity index (χ0n) is 19.3. The number of benzene rings is 2. The summed E-state index contributed by atoms with van der Waals surface area (Å²) in [4.78, 5) is 29.4. The van der Waals surface area contributed by atoms with Crippen molar-refractivity contribution in [3.63, 3.8) is 0 Å². The zero-order chi connectivity index (χ0) is 23.0. The molecule has 5 rings (SSSR count). The monoisotopic (exact) mass is 445 g/mol. The first-order chi connectivity index (χ1) is 16.0. The number of aromatic nitrogens is 1. The van der Waals surface area contributed by atoms with Crippen LogP contribution in [0.25, 0.3) is 10.9 Å². The van der Waals surface area contributed by atoms with Gasteiger partial charge < -0.3 is 19.5 Å². The topological polar surface area (TPSA) is 63.6 Å². The van der Waals surface area contributed by atoms with Crippen molar-refractivity contribution in [1.29, 1.82) is 0 Å². The van der Waals surface area contributed by atoms with E-state index in [0.717, 1.165) is 47.9 Å². The Morgan fingerprint density at radius 1 is 1.09 bits per heavy atom. The molecular weight excluding hydrogens is 414 g/mol. The molecule has 0 bridgehead atoms. The number of nitrogens with one attached hydrogen (secondary N) is 1. The number of hydrogen-bond acceptors (Lipinski definition) is 3. The van der Waals surface area contributed by atoms with E-state index in [2.05, 4.69) is 5.32 Å². The lowest BCUT2D eigenvalue weighted by Gasteiger charge is -2.45. The van der Waals surface area contributed by atoms with E-state index < -0.39 is 5.54 Å². The Labute approximate surface area is 194 Å². The van der Waals surface area contributed by atoms with Gasteiger partial charge in [0, 0.05) is 24.0 Å². The van der Waals surface area contributed by atoms with E-state index >= 15 is 0 Å². The van der Waals surface area contributed by atoms with E-state index in [0.29, 0.717) is 18.8 Å². The summed E-state index contributed by atoms with van der Waals surface area (Å²) in [5.74, 6) is 0.534. The summed E-state index contributed by atoms with van der Waals surface area (Å²) in [6.45, 7) is 2.69. The van der Waals surface area contributed by atoms with Crippen LogP contribution >= 0.6 is 0 Å². The molecule has 1 aliphatic carbocycles. The molecular formula is C27H31N3O3. The minimum atomic E-state index is -1.01. The van der Waals surface area contributed by atoms with Gasteiger partial charge in [-0.05, 0) is 43.5 Å². The largest absolute Gasteiger partial charge is 0.497 e. The molecule has 1 atom stereocenters. The van der Waals surface area contributed by atoms with Gasteiger partial charge in [0.25, 0.3) is 5.91 Å². The maximum absolute atomic E-state index is 13.9. The maximum atomic E-state index is 13.9. The molecule has 1 N–H and O–H groups in total. The Morgan fingerprint density at radius 3 is 2.58 bits per heavy atom. The van der Waals surface area contributed by atoms with Crippen LogP contribution in [0.2, 0.25) is 0 Å². The Bertz CT molecular complexity index is 1180. The fraction of sp³-hybridized carbons (Fsp3) is 0.407. The Morgan fingerprint density at radius 2 is 1.85 bits per heavy atom. The molecule has 0 spiro atoms. The van der Waals surface area contributed by atoms with E-state index in [1.54, 1.807) is 12.0 Å². The number of nitrogens with zero attached hydrogens (tertiary/aromatic N) is 2. The van der Waals surface area contributed by atoms with Gasteiger partial charge in [0.2, 0.25) is 5.91 Å². The van der Waals surface area contributed by atoms with Gasteiger partial charge >= 0.3 is 0 Å². The summed E-state index contributed by atoms with van der Waals surface area (Å²) in [6.07, 6.45) is 5.51. The molecule has 0 saturated heterocycles. The van der Waals surface area contributed by atoms with Crippen molar-refractivity contribution in [3.05, 3.63) is 65.9 Å². The second-order valence-electron chi connectivity index (χ2n) is 9.50. The number of carbonyl (C=O) groups excluding carboxylic acids is 2. The quantitative estimate of drug-likeness (QED) is 0.628. The molecule has 0 radical (unpaired) electrons. The predicted octanol–water partition coefficient (Wildman–Crippen LogP) is 4.51. The van der Waals surface area contributed by atoms with Gasteiger partial charge in [-0.25, -0.2) is 0 Å². The van der Waals surface area contributed by atoms with Gasteiger partial charge in [-0.15, -0.1) is 0 Å². The molecule has 172 valence electrons. The predicted molar refractivity (Wildman–Crippen MR) is 128 cm³/mol. The van der Waals surface area contributed by atoms with Crippen LogP contribution in [0.5, 0.6) is 5.75 Å². The van der Waals surface area contributed by atoms with Gasteiger partial charge in [-0.1, -0.05) is 49.6 Å². The van der Waals surface area contributed by atoms with E-state index in [9.17, 15) is 9.59 Å². The highest BCUT2D eigenvalue weighted by atomic mass is 16.5. The van der Waals surface area contributed by atoms with Gasteiger partial charge in [-0.2, -0.15) is 0 Å². The van der Waals surface area contributed by atoms with Crippen LogP contribution in [-0.4, -0.2) is 40.0 Å². The first-order valence-electron chi connectivity index (χ1n) is 11.8. The van der Waals surface area contributed by atoms with E-state index in [-0.39, 0.29) is 17.9 Å². The van der Waals surface area contributed by atoms with E-state index in [1.807, 2.05) is 66.1 Å². The fourth-order valence-electron chi connectivity index (χ4n) is 5.26. The Hall–Kier alpha value is -3.28. The molecule has 1 fully saturated rings. The highest BCUT2D eigenvalue weighted by Gasteiger charge is 2.48. The number of fused-ring (bicyclic) bond motifs is 3. The molecule has 6 heteroatoms. The summed E-state index contributed by atoms with van der Waals surface area (Å²) in [6, 6.07) is 17.8. The lowest BCUT2D eigenvalue weighted by molar-refractivity contribution is -0.134. The maximum Gasteiger partial charge on any atom is 0.271 e. The van der Waals surface area contributed by atoms with Crippen LogP contribution in [-0.2, 0) is 17.9 Å². The van der Waals surface area contributed by atoms with Crippen LogP contribution in [0.15, 0.2) is 54.6 Å². The lowest BCUT2D eigenvalue weighted by atomic mass is 9.91. The van der Waals surface area contributed by atoms with Crippen molar-refractivity contribution >= 4 is 22.7 Å². The van der Waals surface area contributed by atoms with E-state index in [4.69, 9.17) is 4.74 Å². The molecule has 33 heavy (non-hydrogen) atoms. The molecule has 1 unspecified atom stereocenters. The number of methoxy groups -OCH3 is 1. The number of carbonyl (C=O) groups is 2. The number of hydrogen-bond donors (Lipinski definition) is 1. The van der Waals surface area contributed by atoms with Crippen LogP contribution in [0, 0.1) is 0 Å². The third-order valence-electron chi connectivity index (χ3n) is 7.25. The second-order valence-corrected chi connectivity index (χ2v) is 9.50. The first-order valence-corrected chi connectivity index (χ1v) is 11.8. The molecule has 2 aromatic carbocycles. The molecule has 2 aliphatic rings. The minimum Gasteiger partial charge on any atom is -0.497 e.